The topological polar surface area (TPSA) is 77.1 Å². The second-order valence-corrected chi connectivity index (χ2v) is 5.54. The van der Waals surface area contributed by atoms with E-state index in [-0.39, 0.29) is 12.2 Å². The van der Waals surface area contributed by atoms with E-state index in [1.54, 1.807) is 24.3 Å². The molecular weight excluding hydrogens is 314 g/mol. The van der Waals surface area contributed by atoms with Gasteiger partial charge in [-0.15, -0.1) is 0 Å². The minimum Gasteiger partial charge on any atom is -0.457 e. The third-order valence-electron chi connectivity index (χ3n) is 3.51. The molecule has 0 bridgehead atoms. The summed E-state index contributed by atoms with van der Waals surface area (Å²) in [5.74, 6) is -0.677. The molecule has 0 saturated heterocycles. The van der Waals surface area contributed by atoms with Gasteiger partial charge in [-0.2, -0.15) is 10.5 Å². The second kappa shape index (κ2) is 8.33. The molecule has 0 aromatic heterocycles. The van der Waals surface area contributed by atoms with Crippen molar-refractivity contribution < 1.29 is 9.53 Å². The van der Waals surface area contributed by atoms with Crippen LogP contribution in [0.2, 0.25) is 0 Å². The summed E-state index contributed by atoms with van der Waals surface area (Å²) >= 11 is 0. The smallest absolute Gasteiger partial charge is 0.349 e. The van der Waals surface area contributed by atoms with Crippen molar-refractivity contribution >= 4 is 17.7 Å². The highest BCUT2D eigenvalue weighted by atomic mass is 16.5. The molecule has 2 rings (SSSR count). The Morgan fingerprint density at radius 2 is 1.72 bits per heavy atom. The Kier molecular flexibility index (Phi) is 5.92. The first-order valence-corrected chi connectivity index (χ1v) is 7.59. The Morgan fingerprint density at radius 1 is 1.08 bits per heavy atom. The first-order chi connectivity index (χ1) is 12.0. The van der Waals surface area contributed by atoms with Gasteiger partial charge in [-0.25, -0.2) is 4.79 Å². The number of carbonyl (C=O) groups excluding carboxylic acids is 1. The number of ether oxygens (including phenoxy) is 1. The number of anilines is 1. The number of rotatable bonds is 5. The summed E-state index contributed by atoms with van der Waals surface area (Å²) in [4.78, 5) is 14.0. The lowest BCUT2D eigenvalue weighted by Gasteiger charge is -2.11. The monoisotopic (exact) mass is 331 g/mol. The molecule has 25 heavy (non-hydrogen) atoms. The molecule has 0 heterocycles. The van der Waals surface area contributed by atoms with Crippen LogP contribution in [0.5, 0.6) is 0 Å². The zero-order valence-corrected chi connectivity index (χ0v) is 14.1. The van der Waals surface area contributed by atoms with Gasteiger partial charge in [0, 0.05) is 19.8 Å². The van der Waals surface area contributed by atoms with Crippen molar-refractivity contribution in [3.8, 4) is 12.1 Å². The van der Waals surface area contributed by atoms with Gasteiger partial charge < -0.3 is 9.64 Å². The van der Waals surface area contributed by atoms with Gasteiger partial charge in [0.05, 0.1) is 11.6 Å². The molecule has 5 heteroatoms. The van der Waals surface area contributed by atoms with Gasteiger partial charge in [-0.3, -0.25) is 0 Å². The molecule has 0 fully saturated rings. The lowest BCUT2D eigenvalue weighted by Crippen LogP contribution is -2.08. The summed E-state index contributed by atoms with van der Waals surface area (Å²) in [6.07, 6.45) is 1.50. The molecule has 0 N–H and O–H groups in total. The van der Waals surface area contributed by atoms with Crippen LogP contribution in [0.25, 0.3) is 6.08 Å². The predicted octanol–water partition coefficient (Wildman–Crippen LogP) is 3.27. The van der Waals surface area contributed by atoms with E-state index in [1.165, 1.54) is 6.08 Å². The average Bonchev–Trinajstić information content (AvgIpc) is 2.64. The summed E-state index contributed by atoms with van der Waals surface area (Å²) in [6.45, 7) is 0.0448. The van der Waals surface area contributed by atoms with Crippen molar-refractivity contribution in [3.05, 3.63) is 70.8 Å². The zero-order valence-electron chi connectivity index (χ0n) is 14.1. The number of nitrogens with zero attached hydrogens (tertiary/aromatic N) is 3. The van der Waals surface area contributed by atoms with Gasteiger partial charge in [-0.05, 0) is 41.5 Å². The molecule has 5 nitrogen and oxygen atoms in total. The summed E-state index contributed by atoms with van der Waals surface area (Å²) in [5.41, 5.74) is 3.00. The summed E-state index contributed by atoms with van der Waals surface area (Å²) in [5, 5.41) is 18.0. The van der Waals surface area contributed by atoms with Crippen molar-refractivity contribution in [2.75, 3.05) is 19.0 Å². The molecule has 0 atom stereocenters. The Labute approximate surface area is 147 Å². The fourth-order valence-corrected chi connectivity index (χ4v) is 2.07. The van der Waals surface area contributed by atoms with Crippen molar-refractivity contribution in [1.29, 1.82) is 10.5 Å². The standard InChI is InChI=1S/C20H17N3O2/c1-23(2)19-9-7-15(8-10-19)11-18(13-22)20(24)25-14-17-5-3-16(12-21)4-6-17/h3-11H,14H2,1-2H3/b18-11+. The molecule has 2 aromatic rings. The Balaban J connectivity index is 2.04. The predicted molar refractivity (Wildman–Crippen MR) is 95.3 cm³/mol. The largest absolute Gasteiger partial charge is 0.457 e. The van der Waals surface area contributed by atoms with Crippen molar-refractivity contribution in [2.45, 2.75) is 6.61 Å². The average molecular weight is 331 g/mol. The number of benzene rings is 2. The Bertz CT molecular complexity index is 852. The van der Waals surface area contributed by atoms with Crippen LogP contribution >= 0.6 is 0 Å². The fraction of sp³-hybridized carbons (Fsp3) is 0.150. The van der Waals surface area contributed by atoms with Crippen LogP contribution in [0.15, 0.2) is 54.1 Å². The first-order valence-electron chi connectivity index (χ1n) is 7.59. The van der Waals surface area contributed by atoms with Crippen molar-refractivity contribution in [3.63, 3.8) is 0 Å². The molecule has 0 spiro atoms. The maximum atomic E-state index is 12.1. The second-order valence-electron chi connectivity index (χ2n) is 5.54. The number of hydrogen-bond acceptors (Lipinski definition) is 5. The van der Waals surface area contributed by atoms with Crippen LogP contribution in [0.1, 0.15) is 16.7 Å². The summed E-state index contributed by atoms with van der Waals surface area (Å²) in [7, 11) is 3.87. The van der Waals surface area contributed by atoms with Crippen molar-refractivity contribution in [2.24, 2.45) is 0 Å². The third kappa shape index (κ3) is 4.95. The van der Waals surface area contributed by atoms with E-state index < -0.39 is 5.97 Å². The third-order valence-corrected chi connectivity index (χ3v) is 3.51. The van der Waals surface area contributed by atoms with E-state index in [0.717, 1.165) is 16.8 Å². The van der Waals surface area contributed by atoms with Crippen LogP contribution < -0.4 is 4.90 Å². The number of esters is 1. The lowest BCUT2D eigenvalue weighted by molar-refractivity contribution is -0.139. The molecule has 0 aliphatic rings. The molecule has 124 valence electrons. The lowest BCUT2D eigenvalue weighted by atomic mass is 10.1. The van der Waals surface area contributed by atoms with E-state index in [9.17, 15) is 10.1 Å². The number of nitriles is 2. The highest BCUT2D eigenvalue weighted by Crippen LogP contribution is 2.15. The molecule has 0 aliphatic carbocycles. The van der Waals surface area contributed by atoms with Gasteiger partial charge in [0.25, 0.3) is 0 Å². The molecule has 0 saturated carbocycles. The van der Waals surface area contributed by atoms with Crippen molar-refractivity contribution in [1.82, 2.24) is 0 Å². The maximum Gasteiger partial charge on any atom is 0.349 e. The van der Waals surface area contributed by atoms with E-state index in [4.69, 9.17) is 10.00 Å². The van der Waals surface area contributed by atoms with Crippen LogP contribution in [0.4, 0.5) is 5.69 Å². The van der Waals surface area contributed by atoms with Gasteiger partial charge in [0.15, 0.2) is 0 Å². The van der Waals surface area contributed by atoms with E-state index in [1.807, 2.05) is 55.4 Å². The molecule has 0 amide bonds. The molecule has 0 aliphatic heterocycles. The van der Waals surface area contributed by atoms with Crippen LogP contribution in [0.3, 0.4) is 0 Å². The van der Waals surface area contributed by atoms with Crippen LogP contribution in [-0.2, 0) is 16.1 Å². The molecule has 0 unspecified atom stereocenters. The highest BCUT2D eigenvalue weighted by molar-refractivity contribution is 5.97. The molecular formula is C20H17N3O2. The van der Waals surface area contributed by atoms with E-state index >= 15 is 0 Å². The fourth-order valence-electron chi connectivity index (χ4n) is 2.07. The first kappa shape index (κ1) is 17.8. The minimum absolute atomic E-state index is 0.0448. The number of hydrogen-bond donors (Lipinski definition) is 0. The SMILES string of the molecule is CN(C)c1ccc(/C=C(\C#N)C(=O)OCc2ccc(C#N)cc2)cc1. The summed E-state index contributed by atoms with van der Waals surface area (Å²) < 4.78 is 5.17. The zero-order chi connectivity index (χ0) is 18.2. The normalized spacial score (nSPS) is 10.5. The van der Waals surface area contributed by atoms with Crippen LogP contribution in [-0.4, -0.2) is 20.1 Å². The van der Waals surface area contributed by atoms with E-state index in [2.05, 4.69) is 0 Å². The Hall–Kier alpha value is -3.57. The van der Waals surface area contributed by atoms with Gasteiger partial charge in [0.2, 0.25) is 0 Å². The van der Waals surface area contributed by atoms with Gasteiger partial charge in [-0.1, -0.05) is 24.3 Å². The highest BCUT2D eigenvalue weighted by Gasteiger charge is 2.11. The molecule has 2 aromatic carbocycles. The summed E-state index contributed by atoms with van der Waals surface area (Å²) in [6, 6.07) is 18.1. The Morgan fingerprint density at radius 3 is 2.24 bits per heavy atom. The van der Waals surface area contributed by atoms with Crippen LogP contribution in [0, 0.1) is 22.7 Å². The maximum absolute atomic E-state index is 12.1. The minimum atomic E-state index is -0.677. The molecule has 0 radical (unpaired) electrons. The quantitative estimate of drug-likeness (QED) is 0.477. The number of carbonyl (C=O) groups is 1. The van der Waals surface area contributed by atoms with Gasteiger partial charge >= 0.3 is 5.97 Å². The van der Waals surface area contributed by atoms with E-state index in [0.29, 0.717) is 5.56 Å². The van der Waals surface area contributed by atoms with Gasteiger partial charge in [0.1, 0.15) is 18.2 Å².